The average molecular weight is 296 g/mol. The zero-order valence-electron chi connectivity index (χ0n) is 14.4. The van der Waals surface area contributed by atoms with Crippen LogP contribution in [0.1, 0.15) is 97.3 Å². The van der Waals surface area contributed by atoms with Gasteiger partial charge in [0.25, 0.3) is 0 Å². The van der Waals surface area contributed by atoms with Gasteiger partial charge >= 0.3 is 5.97 Å². The van der Waals surface area contributed by atoms with Crippen LogP contribution in [-0.4, -0.2) is 12.6 Å². The monoisotopic (exact) mass is 296 g/mol. The maximum atomic E-state index is 10.6. The maximum absolute atomic E-state index is 10.6. The number of carbonyl (C=O) groups excluding carboxylic acids is 1. The lowest BCUT2D eigenvalue weighted by Crippen LogP contribution is -2.00. The van der Waals surface area contributed by atoms with Crippen molar-refractivity contribution >= 4 is 5.97 Å². The van der Waals surface area contributed by atoms with Crippen molar-refractivity contribution in [3.8, 4) is 0 Å². The smallest absolute Gasteiger partial charge is 0.302 e. The SMILES string of the molecule is CCC/C=C\CCCCCCCCCCCCOC(C)=O. The fraction of sp³-hybridized carbons (Fsp3) is 0.842. The summed E-state index contributed by atoms with van der Waals surface area (Å²) < 4.78 is 4.91. The highest BCUT2D eigenvalue weighted by Gasteiger charge is 1.95. The molecule has 0 N–H and O–H groups in total. The summed E-state index contributed by atoms with van der Waals surface area (Å²) in [6.45, 7) is 4.30. The first-order chi connectivity index (χ1) is 10.3. The van der Waals surface area contributed by atoms with Crippen molar-refractivity contribution in [3.05, 3.63) is 12.2 Å². The second kappa shape index (κ2) is 17.3. The Hall–Kier alpha value is -0.790. The Kier molecular flexibility index (Phi) is 16.6. The fourth-order valence-electron chi connectivity index (χ4n) is 2.40. The predicted octanol–water partition coefficient (Wildman–Crippen LogP) is 6.20. The molecule has 0 fully saturated rings. The van der Waals surface area contributed by atoms with Crippen LogP contribution in [0.15, 0.2) is 12.2 Å². The molecule has 0 amide bonds. The van der Waals surface area contributed by atoms with Gasteiger partial charge in [0.2, 0.25) is 0 Å². The van der Waals surface area contributed by atoms with Gasteiger partial charge in [-0.3, -0.25) is 4.79 Å². The number of hydrogen-bond acceptors (Lipinski definition) is 2. The first-order valence-electron chi connectivity index (χ1n) is 9.05. The highest BCUT2D eigenvalue weighted by atomic mass is 16.5. The lowest BCUT2D eigenvalue weighted by atomic mass is 10.1. The third-order valence-corrected chi connectivity index (χ3v) is 3.69. The molecule has 0 aliphatic heterocycles. The Morgan fingerprint density at radius 1 is 0.762 bits per heavy atom. The van der Waals surface area contributed by atoms with Crippen molar-refractivity contribution in [1.29, 1.82) is 0 Å². The lowest BCUT2D eigenvalue weighted by molar-refractivity contribution is -0.141. The van der Waals surface area contributed by atoms with Gasteiger partial charge in [-0.2, -0.15) is 0 Å². The number of rotatable bonds is 15. The summed E-state index contributed by atoms with van der Waals surface area (Å²) in [6.07, 6.45) is 21.5. The number of hydrogen-bond donors (Lipinski definition) is 0. The molecule has 0 atom stereocenters. The van der Waals surface area contributed by atoms with Crippen LogP contribution >= 0.6 is 0 Å². The maximum Gasteiger partial charge on any atom is 0.302 e. The molecular formula is C19H36O2. The van der Waals surface area contributed by atoms with E-state index in [1.165, 1.54) is 84.0 Å². The standard InChI is InChI=1S/C19H36O2/c1-3-4-5-6-7-8-9-10-11-12-13-14-15-16-17-18-21-19(2)20/h5-6H,3-4,7-18H2,1-2H3/b6-5-. The van der Waals surface area contributed by atoms with Crippen molar-refractivity contribution in [3.63, 3.8) is 0 Å². The van der Waals surface area contributed by atoms with Gasteiger partial charge in [-0.05, 0) is 25.7 Å². The van der Waals surface area contributed by atoms with E-state index >= 15 is 0 Å². The van der Waals surface area contributed by atoms with E-state index in [1.54, 1.807) is 0 Å². The topological polar surface area (TPSA) is 26.3 Å². The molecule has 124 valence electrons. The van der Waals surface area contributed by atoms with Crippen molar-refractivity contribution in [2.24, 2.45) is 0 Å². The van der Waals surface area contributed by atoms with E-state index in [1.807, 2.05) is 0 Å². The van der Waals surface area contributed by atoms with Crippen LogP contribution in [0, 0.1) is 0 Å². The highest BCUT2D eigenvalue weighted by molar-refractivity contribution is 5.65. The number of ether oxygens (including phenoxy) is 1. The van der Waals surface area contributed by atoms with Crippen molar-refractivity contribution in [2.45, 2.75) is 97.3 Å². The lowest BCUT2D eigenvalue weighted by Gasteiger charge is -2.03. The molecular weight excluding hydrogens is 260 g/mol. The number of carbonyl (C=O) groups is 1. The molecule has 2 heteroatoms. The van der Waals surface area contributed by atoms with E-state index in [-0.39, 0.29) is 5.97 Å². The van der Waals surface area contributed by atoms with Crippen molar-refractivity contribution in [2.75, 3.05) is 6.61 Å². The zero-order valence-corrected chi connectivity index (χ0v) is 14.4. The summed E-state index contributed by atoms with van der Waals surface area (Å²) in [4.78, 5) is 10.6. The van der Waals surface area contributed by atoms with E-state index in [2.05, 4.69) is 19.1 Å². The molecule has 0 saturated carbocycles. The fourth-order valence-corrected chi connectivity index (χ4v) is 2.40. The molecule has 0 radical (unpaired) electrons. The molecule has 0 aromatic rings. The van der Waals surface area contributed by atoms with Gasteiger partial charge in [0, 0.05) is 6.92 Å². The zero-order chi connectivity index (χ0) is 15.6. The number of unbranched alkanes of at least 4 members (excludes halogenated alkanes) is 11. The molecule has 0 heterocycles. The summed E-state index contributed by atoms with van der Waals surface area (Å²) in [7, 11) is 0. The van der Waals surface area contributed by atoms with Crippen LogP contribution in [0.2, 0.25) is 0 Å². The molecule has 0 aliphatic carbocycles. The van der Waals surface area contributed by atoms with Gasteiger partial charge in [-0.15, -0.1) is 0 Å². The first-order valence-corrected chi connectivity index (χ1v) is 9.05. The van der Waals surface area contributed by atoms with Gasteiger partial charge < -0.3 is 4.74 Å². The van der Waals surface area contributed by atoms with Crippen LogP contribution in [0.3, 0.4) is 0 Å². The minimum atomic E-state index is -0.157. The average Bonchev–Trinajstić information content (AvgIpc) is 2.46. The van der Waals surface area contributed by atoms with Gasteiger partial charge in [0.05, 0.1) is 6.61 Å². The Morgan fingerprint density at radius 2 is 1.24 bits per heavy atom. The van der Waals surface area contributed by atoms with E-state index in [0.717, 1.165) is 6.42 Å². The molecule has 0 unspecified atom stereocenters. The third kappa shape index (κ3) is 19.2. The summed E-state index contributed by atoms with van der Waals surface area (Å²) in [5.41, 5.74) is 0. The van der Waals surface area contributed by atoms with Crippen LogP contribution < -0.4 is 0 Å². The van der Waals surface area contributed by atoms with E-state index in [4.69, 9.17) is 4.74 Å². The minimum Gasteiger partial charge on any atom is -0.466 e. The van der Waals surface area contributed by atoms with E-state index in [9.17, 15) is 4.79 Å². The molecule has 0 rings (SSSR count). The molecule has 21 heavy (non-hydrogen) atoms. The largest absolute Gasteiger partial charge is 0.466 e. The van der Waals surface area contributed by atoms with Crippen LogP contribution in [0.25, 0.3) is 0 Å². The van der Waals surface area contributed by atoms with Gasteiger partial charge in [0.15, 0.2) is 0 Å². The Morgan fingerprint density at radius 3 is 1.76 bits per heavy atom. The molecule has 2 nitrogen and oxygen atoms in total. The Bertz CT molecular complexity index is 246. The first kappa shape index (κ1) is 20.2. The van der Waals surface area contributed by atoms with Gasteiger partial charge in [0.1, 0.15) is 0 Å². The second-order valence-electron chi connectivity index (χ2n) is 5.92. The van der Waals surface area contributed by atoms with Crippen LogP contribution in [0.5, 0.6) is 0 Å². The molecule has 0 saturated heterocycles. The van der Waals surface area contributed by atoms with E-state index < -0.39 is 0 Å². The Balaban J connectivity index is 3.01. The third-order valence-electron chi connectivity index (χ3n) is 3.69. The minimum absolute atomic E-state index is 0.157. The summed E-state index contributed by atoms with van der Waals surface area (Å²) in [5, 5.41) is 0. The normalized spacial score (nSPS) is 11.1. The second-order valence-corrected chi connectivity index (χ2v) is 5.92. The highest BCUT2D eigenvalue weighted by Crippen LogP contribution is 2.11. The van der Waals surface area contributed by atoms with E-state index in [0.29, 0.717) is 6.61 Å². The molecule has 0 spiro atoms. The van der Waals surface area contributed by atoms with Crippen molar-refractivity contribution < 1.29 is 9.53 Å². The number of esters is 1. The van der Waals surface area contributed by atoms with Gasteiger partial charge in [-0.25, -0.2) is 0 Å². The summed E-state index contributed by atoms with van der Waals surface area (Å²) >= 11 is 0. The van der Waals surface area contributed by atoms with Gasteiger partial charge in [-0.1, -0.05) is 76.9 Å². The molecule has 0 aromatic heterocycles. The number of allylic oxidation sites excluding steroid dienone is 2. The quantitative estimate of drug-likeness (QED) is 0.204. The summed E-state index contributed by atoms with van der Waals surface area (Å²) in [6, 6.07) is 0. The predicted molar refractivity (Wildman–Crippen MR) is 91.5 cm³/mol. The summed E-state index contributed by atoms with van der Waals surface area (Å²) in [5.74, 6) is -0.157. The molecule has 0 aliphatic rings. The van der Waals surface area contributed by atoms with Crippen molar-refractivity contribution in [1.82, 2.24) is 0 Å². The molecule has 0 bridgehead atoms. The van der Waals surface area contributed by atoms with Crippen LogP contribution in [-0.2, 0) is 9.53 Å². The molecule has 0 aromatic carbocycles. The van der Waals surface area contributed by atoms with Crippen LogP contribution in [0.4, 0.5) is 0 Å². The Labute approximate surface area is 132 Å².